The van der Waals surface area contributed by atoms with Crippen molar-refractivity contribution >= 4 is 17.6 Å². The lowest BCUT2D eigenvalue weighted by atomic mass is 10.1. The Morgan fingerprint density at radius 1 is 1.33 bits per heavy atom. The van der Waals surface area contributed by atoms with E-state index in [-0.39, 0.29) is 12.1 Å². The molecule has 6 nitrogen and oxygen atoms in total. The van der Waals surface area contributed by atoms with Crippen molar-refractivity contribution in [1.82, 2.24) is 5.16 Å². The normalized spacial score (nSPS) is 10.0. The molecule has 92 valence electrons. The van der Waals surface area contributed by atoms with E-state index in [1.165, 1.54) is 12.3 Å². The lowest BCUT2D eigenvalue weighted by Gasteiger charge is -2.04. The van der Waals surface area contributed by atoms with Gasteiger partial charge >= 0.3 is 5.97 Å². The molecular formula is C12H10N2O4. The van der Waals surface area contributed by atoms with Crippen molar-refractivity contribution in [3.05, 3.63) is 47.9 Å². The number of anilines is 1. The van der Waals surface area contributed by atoms with E-state index < -0.39 is 11.9 Å². The number of hydrogen-bond donors (Lipinski definition) is 2. The minimum atomic E-state index is -0.921. The molecule has 0 spiro atoms. The first-order valence-electron chi connectivity index (χ1n) is 5.17. The summed E-state index contributed by atoms with van der Waals surface area (Å²) in [5.74, 6) is -1.33. The van der Waals surface area contributed by atoms with Crippen LogP contribution in [0.1, 0.15) is 16.1 Å². The van der Waals surface area contributed by atoms with Crippen LogP contribution in [0.15, 0.2) is 41.1 Å². The Bertz CT molecular complexity index is 563. The quantitative estimate of drug-likeness (QED) is 0.853. The summed E-state index contributed by atoms with van der Waals surface area (Å²) in [6.45, 7) is 0. The van der Waals surface area contributed by atoms with E-state index in [1.807, 2.05) is 0 Å². The highest BCUT2D eigenvalue weighted by Crippen LogP contribution is 2.12. The van der Waals surface area contributed by atoms with Gasteiger partial charge in [0.15, 0.2) is 5.69 Å². The standard InChI is InChI=1S/C12H10N2O4/c15-11(16)7-8-2-1-3-9(6-8)13-12(17)10-4-5-18-14-10/h1-6H,7H2,(H,13,17)(H,15,16). The molecule has 18 heavy (non-hydrogen) atoms. The third-order valence-electron chi connectivity index (χ3n) is 2.21. The molecule has 1 aromatic heterocycles. The van der Waals surface area contributed by atoms with E-state index in [4.69, 9.17) is 5.11 Å². The van der Waals surface area contributed by atoms with Gasteiger partial charge in [-0.15, -0.1) is 0 Å². The molecule has 0 unspecified atom stereocenters. The van der Waals surface area contributed by atoms with Crippen LogP contribution in [0.25, 0.3) is 0 Å². The average Bonchev–Trinajstić information content (AvgIpc) is 2.81. The van der Waals surface area contributed by atoms with Crippen LogP contribution < -0.4 is 5.32 Å². The number of nitrogens with zero attached hydrogens (tertiary/aromatic N) is 1. The van der Waals surface area contributed by atoms with Gasteiger partial charge in [-0.2, -0.15) is 0 Å². The molecule has 0 aliphatic heterocycles. The maximum Gasteiger partial charge on any atom is 0.307 e. The number of carbonyl (C=O) groups excluding carboxylic acids is 1. The van der Waals surface area contributed by atoms with Gasteiger partial charge in [0.2, 0.25) is 0 Å². The predicted octanol–water partition coefficient (Wildman–Crippen LogP) is 1.55. The van der Waals surface area contributed by atoms with Crippen LogP contribution in [0, 0.1) is 0 Å². The van der Waals surface area contributed by atoms with Crippen molar-refractivity contribution in [3.8, 4) is 0 Å². The van der Waals surface area contributed by atoms with Gasteiger partial charge in [0.05, 0.1) is 6.42 Å². The predicted molar refractivity (Wildman–Crippen MR) is 62.2 cm³/mol. The van der Waals surface area contributed by atoms with Gasteiger partial charge in [-0.05, 0) is 17.7 Å². The van der Waals surface area contributed by atoms with Crippen LogP contribution in [0.2, 0.25) is 0 Å². The summed E-state index contributed by atoms with van der Waals surface area (Å²) in [6.07, 6.45) is 1.21. The second-order valence-electron chi connectivity index (χ2n) is 3.61. The van der Waals surface area contributed by atoms with E-state index in [1.54, 1.807) is 24.3 Å². The monoisotopic (exact) mass is 246 g/mol. The van der Waals surface area contributed by atoms with Crippen molar-refractivity contribution < 1.29 is 19.2 Å². The Morgan fingerprint density at radius 2 is 2.17 bits per heavy atom. The number of carbonyl (C=O) groups is 2. The molecule has 0 bridgehead atoms. The van der Waals surface area contributed by atoms with Gasteiger partial charge in [0, 0.05) is 11.8 Å². The van der Waals surface area contributed by atoms with Crippen molar-refractivity contribution in [2.24, 2.45) is 0 Å². The molecule has 0 saturated heterocycles. The van der Waals surface area contributed by atoms with E-state index in [2.05, 4.69) is 15.0 Å². The van der Waals surface area contributed by atoms with Crippen molar-refractivity contribution in [3.63, 3.8) is 0 Å². The zero-order chi connectivity index (χ0) is 13.0. The smallest absolute Gasteiger partial charge is 0.307 e. The highest BCUT2D eigenvalue weighted by atomic mass is 16.5. The van der Waals surface area contributed by atoms with E-state index in [9.17, 15) is 9.59 Å². The summed E-state index contributed by atoms with van der Waals surface area (Å²) in [4.78, 5) is 22.2. The maximum atomic E-state index is 11.7. The van der Waals surface area contributed by atoms with Gasteiger partial charge in [0.25, 0.3) is 5.91 Å². The topological polar surface area (TPSA) is 92.4 Å². The van der Waals surface area contributed by atoms with E-state index in [0.29, 0.717) is 11.3 Å². The number of aromatic nitrogens is 1. The first kappa shape index (κ1) is 11.8. The molecule has 1 aromatic carbocycles. The summed E-state index contributed by atoms with van der Waals surface area (Å²) in [5.41, 5.74) is 1.29. The molecule has 0 atom stereocenters. The summed E-state index contributed by atoms with van der Waals surface area (Å²) in [7, 11) is 0. The Labute approximate surface area is 102 Å². The Hall–Kier alpha value is -2.63. The third-order valence-corrected chi connectivity index (χ3v) is 2.21. The first-order chi connectivity index (χ1) is 8.65. The Morgan fingerprint density at radius 3 is 2.83 bits per heavy atom. The number of hydrogen-bond acceptors (Lipinski definition) is 4. The summed E-state index contributed by atoms with van der Waals surface area (Å²) in [5, 5.41) is 14.8. The zero-order valence-electron chi connectivity index (χ0n) is 9.29. The molecule has 1 amide bonds. The SMILES string of the molecule is O=C(O)Cc1cccc(NC(=O)c2ccon2)c1. The highest BCUT2D eigenvalue weighted by Gasteiger charge is 2.09. The number of amides is 1. The second-order valence-corrected chi connectivity index (χ2v) is 3.61. The second kappa shape index (κ2) is 5.13. The lowest BCUT2D eigenvalue weighted by molar-refractivity contribution is -0.136. The molecule has 6 heteroatoms. The van der Waals surface area contributed by atoms with Crippen molar-refractivity contribution in [1.29, 1.82) is 0 Å². The number of nitrogens with one attached hydrogen (secondary N) is 1. The molecule has 2 N–H and O–H groups in total. The molecule has 0 fully saturated rings. The van der Waals surface area contributed by atoms with Gasteiger partial charge in [-0.25, -0.2) is 0 Å². The molecule has 2 aromatic rings. The van der Waals surface area contributed by atoms with Crippen molar-refractivity contribution in [2.75, 3.05) is 5.32 Å². The fourth-order valence-corrected chi connectivity index (χ4v) is 1.46. The average molecular weight is 246 g/mol. The molecule has 2 rings (SSSR count). The first-order valence-corrected chi connectivity index (χ1v) is 5.17. The highest BCUT2D eigenvalue weighted by molar-refractivity contribution is 6.02. The summed E-state index contributed by atoms with van der Waals surface area (Å²) < 4.78 is 4.56. The molecule has 0 aliphatic rings. The third kappa shape index (κ3) is 2.94. The fourth-order valence-electron chi connectivity index (χ4n) is 1.46. The molecule has 1 heterocycles. The van der Waals surface area contributed by atoms with Gasteiger partial charge in [-0.1, -0.05) is 17.3 Å². The fraction of sp³-hybridized carbons (Fsp3) is 0.0833. The minimum absolute atomic E-state index is 0.0896. The lowest BCUT2D eigenvalue weighted by Crippen LogP contribution is -2.12. The van der Waals surface area contributed by atoms with Gasteiger partial charge in [0.1, 0.15) is 6.26 Å². The number of benzene rings is 1. The number of aliphatic carboxylic acids is 1. The largest absolute Gasteiger partial charge is 0.481 e. The number of carboxylic acid groups (broad SMARTS) is 1. The van der Waals surface area contributed by atoms with Crippen LogP contribution in [0.5, 0.6) is 0 Å². The molecule has 0 radical (unpaired) electrons. The summed E-state index contributed by atoms with van der Waals surface area (Å²) in [6, 6.07) is 8.07. The zero-order valence-corrected chi connectivity index (χ0v) is 9.29. The Balaban J connectivity index is 2.10. The summed E-state index contributed by atoms with van der Waals surface area (Å²) >= 11 is 0. The van der Waals surface area contributed by atoms with Crippen LogP contribution in [-0.4, -0.2) is 22.1 Å². The van der Waals surface area contributed by atoms with Crippen LogP contribution in [0.3, 0.4) is 0 Å². The maximum absolute atomic E-state index is 11.7. The number of rotatable bonds is 4. The minimum Gasteiger partial charge on any atom is -0.481 e. The van der Waals surface area contributed by atoms with E-state index in [0.717, 1.165) is 0 Å². The van der Waals surface area contributed by atoms with Crippen molar-refractivity contribution in [2.45, 2.75) is 6.42 Å². The van der Waals surface area contributed by atoms with E-state index >= 15 is 0 Å². The van der Waals surface area contributed by atoms with Crippen LogP contribution in [-0.2, 0) is 11.2 Å². The molecule has 0 aliphatic carbocycles. The number of carboxylic acids is 1. The van der Waals surface area contributed by atoms with Gasteiger partial charge in [-0.3, -0.25) is 9.59 Å². The van der Waals surface area contributed by atoms with Gasteiger partial charge < -0.3 is 14.9 Å². The van der Waals surface area contributed by atoms with Crippen LogP contribution in [0.4, 0.5) is 5.69 Å². The Kier molecular flexibility index (Phi) is 3.38. The molecule has 0 saturated carbocycles. The van der Waals surface area contributed by atoms with Crippen LogP contribution >= 0.6 is 0 Å². The molecular weight excluding hydrogens is 236 g/mol.